The Morgan fingerprint density at radius 1 is 1.41 bits per heavy atom. The second kappa shape index (κ2) is 5.15. The molecule has 22 heavy (non-hydrogen) atoms. The third-order valence-electron chi connectivity index (χ3n) is 4.11. The minimum absolute atomic E-state index is 0.529. The van der Waals surface area contributed by atoms with Gasteiger partial charge in [0.15, 0.2) is 0 Å². The SMILES string of the molecule is O[C@@]1(c2cn[nH]n2)CCCN(Cc2cn3cccnc3n2)C1. The van der Waals surface area contributed by atoms with Crippen LogP contribution in [-0.4, -0.2) is 52.9 Å². The normalized spacial score (nSPS) is 23.1. The number of hydrogen-bond acceptors (Lipinski definition) is 6. The van der Waals surface area contributed by atoms with Crippen molar-refractivity contribution in [2.24, 2.45) is 0 Å². The molecule has 0 unspecified atom stereocenters. The maximum Gasteiger partial charge on any atom is 0.233 e. The van der Waals surface area contributed by atoms with Crippen molar-refractivity contribution in [3.05, 3.63) is 42.2 Å². The predicted octanol–water partition coefficient (Wildman–Crippen LogP) is 0.331. The van der Waals surface area contributed by atoms with E-state index < -0.39 is 5.60 Å². The monoisotopic (exact) mass is 299 g/mol. The number of piperidine rings is 1. The number of aliphatic hydroxyl groups is 1. The summed E-state index contributed by atoms with van der Waals surface area (Å²) in [5.74, 6) is 0.696. The smallest absolute Gasteiger partial charge is 0.233 e. The zero-order valence-electron chi connectivity index (χ0n) is 12.1. The van der Waals surface area contributed by atoms with Crippen LogP contribution in [0.2, 0.25) is 0 Å². The first-order valence-corrected chi connectivity index (χ1v) is 7.33. The van der Waals surface area contributed by atoms with Gasteiger partial charge in [-0.15, -0.1) is 0 Å². The van der Waals surface area contributed by atoms with Gasteiger partial charge in [0.2, 0.25) is 5.78 Å². The van der Waals surface area contributed by atoms with Crippen LogP contribution in [-0.2, 0) is 12.1 Å². The third kappa shape index (κ3) is 2.36. The Bertz CT molecular complexity index is 735. The number of fused-ring (bicyclic) bond motifs is 1. The van der Waals surface area contributed by atoms with Crippen LogP contribution in [0.4, 0.5) is 0 Å². The number of rotatable bonds is 3. The lowest BCUT2D eigenvalue weighted by Gasteiger charge is -2.37. The fraction of sp³-hybridized carbons (Fsp3) is 0.429. The third-order valence-corrected chi connectivity index (χ3v) is 4.11. The predicted molar refractivity (Wildman–Crippen MR) is 77.8 cm³/mol. The summed E-state index contributed by atoms with van der Waals surface area (Å²) in [6.07, 6.45) is 8.85. The summed E-state index contributed by atoms with van der Waals surface area (Å²) in [5.41, 5.74) is 0.611. The van der Waals surface area contributed by atoms with E-state index in [1.807, 2.05) is 22.9 Å². The highest BCUT2D eigenvalue weighted by molar-refractivity contribution is 5.29. The molecule has 0 spiro atoms. The molecule has 8 heteroatoms. The average Bonchev–Trinajstić information content (AvgIpc) is 3.16. The van der Waals surface area contributed by atoms with E-state index in [0.717, 1.165) is 18.7 Å². The van der Waals surface area contributed by atoms with Crippen LogP contribution in [0.25, 0.3) is 5.78 Å². The maximum atomic E-state index is 10.8. The number of aromatic amines is 1. The minimum atomic E-state index is -0.942. The van der Waals surface area contributed by atoms with Crippen molar-refractivity contribution in [2.75, 3.05) is 13.1 Å². The highest BCUT2D eigenvalue weighted by Gasteiger charge is 2.37. The van der Waals surface area contributed by atoms with Gasteiger partial charge in [-0.1, -0.05) is 0 Å². The molecule has 0 radical (unpaired) electrons. The van der Waals surface area contributed by atoms with Gasteiger partial charge in [0, 0.05) is 31.7 Å². The molecule has 1 aliphatic heterocycles. The van der Waals surface area contributed by atoms with Crippen molar-refractivity contribution in [1.29, 1.82) is 0 Å². The van der Waals surface area contributed by atoms with Crippen LogP contribution in [0.3, 0.4) is 0 Å². The number of hydrogen-bond donors (Lipinski definition) is 2. The molecule has 1 aliphatic rings. The van der Waals surface area contributed by atoms with E-state index >= 15 is 0 Å². The van der Waals surface area contributed by atoms with Crippen LogP contribution in [0, 0.1) is 0 Å². The Morgan fingerprint density at radius 2 is 2.36 bits per heavy atom. The largest absolute Gasteiger partial charge is 0.382 e. The van der Waals surface area contributed by atoms with Gasteiger partial charge >= 0.3 is 0 Å². The lowest BCUT2D eigenvalue weighted by atomic mass is 9.90. The summed E-state index contributed by atoms with van der Waals surface area (Å²) in [4.78, 5) is 10.9. The van der Waals surface area contributed by atoms with Crippen LogP contribution < -0.4 is 0 Å². The molecule has 1 atom stereocenters. The molecule has 0 saturated carbocycles. The van der Waals surface area contributed by atoms with E-state index in [0.29, 0.717) is 31.0 Å². The Kier molecular flexibility index (Phi) is 3.12. The van der Waals surface area contributed by atoms with E-state index in [9.17, 15) is 5.11 Å². The van der Waals surface area contributed by atoms with Gasteiger partial charge in [-0.25, -0.2) is 9.97 Å². The molecule has 4 rings (SSSR count). The Hall–Kier alpha value is -2.32. The maximum absolute atomic E-state index is 10.8. The number of aromatic nitrogens is 6. The van der Waals surface area contributed by atoms with Gasteiger partial charge in [0.05, 0.1) is 11.9 Å². The topological polar surface area (TPSA) is 95.2 Å². The highest BCUT2D eigenvalue weighted by Crippen LogP contribution is 2.30. The quantitative estimate of drug-likeness (QED) is 0.724. The second-order valence-corrected chi connectivity index (χ2v) is 5.76. The summed E-state index contributed by atoms with van der Waals surface area (Å²) >= 11 is 0. The molecule has 3 aromatic heterocycles. The molecule has 2 N–H and O–H groups in total. The standard InChI is InChI=1S/C14H17N7O/c22-14(12-7-16-19-18-12)3-1-5-20(10-14)8-11-9-21-6-2-4-15-13(21)17-11/h2,4,6-7,9,22H,1,3,5,8,10H2,(H,16,18,19)/t14-/m0/s1. The minimum Gasteiger partial charge on any atom is -0.382 e. The summed E-state index contributed by atoms with van der Waals surface area (Å²) in [5, 5.41) is 21.2. The molecule has 0 bridgehead atoms. The molecule has 0 aliphatic carbocycles. The van der Waals surface area contributed by atoms with Crippen LogP contribution in [0.15, 0.2) is 30.9 Å². The van der Waals surface area contributed by atoms with E-state index in [1.165, 1.54) is 0 Å². The average molecular weight is 299 g/mol. The second-order valence-electron chi connectivity index (χ2n) is 5.76. The summed E-state index contributed by atoms with van der Waals surface area (Å²) in [6, 6.07) is 1.88. The van der Waals surface area contributed by atoms with Crippen molar-refractivity contribution in [3.8, 4) is 0 Å². The van der Waals surface area contributed by atoms with Gasteiger partial charge in [-0.05, 0) is 25.5 Å². The molecule has 0 aromatic carbocycles. The Morgan fingerprint density at radius 3 is 3.18 bits per heavy atom. The van der Waals surface area contributed by atoms with Crippen molar-refractivity contribution in [2.45, 2.75) is 25.0 Å². The van der Waals surface area contributed by atoms with E-state index in [-0.39, 0.29) is 0 Å². The van der Waals surface area contributed by atoms with Crippen LogP contribution in [0.5, 0.6) is 0 Å². The first-order valence-electron chi connectivity index (χ1n) is 7.33. The first kappa shape index (κ1) is 13.4. The van der Waals surface area contributed by atoms with Crippen molar-refractivity contribution in [3.63, 3.8) is 0 Å². The van der Waals surface area contributed by atoms with Gasteiger partial charge in [0.1, 0.15) is 11.3 Å². The lowest BCUT2D eigenvalue weighted by molar-refractivity contribution is -0.0416. The van der Waals surface area contributed by atoms with E-state index in [2.05, 4.69) is 30.3 Å². The number of nitrogens with one attached hydrogen (secondary N) is 1. The highest BCUT2D eigenvalue weighted by atomic mass is 16.3. The van der Waals surface area contributed by atoms with Crippen LogP contribution in [0.1, 0.15) is 24.2 Å². The van der Waals surface area contributed by atoms with Gasteiger partial charge in [-0.2, -0.15) is 15.4 Å². The lowest BCUT2D eigenvalue weighted by Crippen LogP contribution is -2.46. The summed E-state index contributed by atoms with van der Waals surface area (Å²) in [6.45, 7) is 2.14. The molecule has 8 nitrogen and oxygen atoms in total. The number of H-pyrrole nitrogens is 1. The van der Waals surface area contributed by atoms with E-state index in [4.69, 9.17) is 0 Å². The first-order chi connectivity index (χ1) is 10.7. The Labute approximate surface area is 126 Å². The van der Waals surface area contributed by atoms with Crippen molar-refractivity contribution in [1.82, 2.24) is 34.7 Å². The van der Waals surface area contributed by atoms with E-state index in [1.54, 1.807) is 12.4 Å². The summed E-state index contributed by atoms with van der Waals surface area (Å²) < 4.78 is 1.91. The van der Waals surface area contributed by atoms with Crippen LogP contribution >= 0.6 is 0 Å². The molecular weight excluding hydrogens is 282 g/mol. The van der Waals surface area contributed by atoms with Gasteiger partial charge < -0.3 is 5.11 Å². The number of imidazole rings is 1. The molecule has 0 amide bonds. The zero-order chi connectivity index (χ0) is 15.0. The molecular formula is C14H17N7O. The molecule has 1 fully saturated rings. The zero-order valence-corrected chi connectivity index (χ0v) is 12.1. The van der Waals surface area contributed by atoms with Crippen molar-refractivity contribution >= 4 is 5.78 Å². The number of likely N-dealkylation sites (tertiary alicyclic amines) is 1. The molecule has 114 valence electrons. The fourth-order valence-corrected chi connectivity index (χ4v) is 3.08. The van der Waals surface area contributed by atoms with Gasteiger partial charge in [-0.3, -0.25) is 9.30 Å². The Balaban J connectivity index is 1.53. The summed E-state index contributed by atoms with van der Waals surface area (Å²) in [7, 11) is 0. The number of β-amino-alcohol motifs (C(OH)–C–C–N with tert-alkyl or cyclic N) is 1. The number of nitrogens with zero attached hydrogens (tertiary/aromatic N) is 6. The fourth-order valence-electron chi connectivity index (χ4n) is 3.08. The molecule has 3 aromatic rings. The molecule has 4 heterocycles. The molecule has 1 saturated heterocycles. The van der Waals surface area contributed by atoms with Crippen molar-refractivity contribution < 1.29 is 5.11 Å². The van der Waals surface area contributed by atoms with Gasteiger partial charge in [0.25, 0.3) is 0 Å².